The molecule has 0 aliphatic heterocycles. The van der Waals surface area contributed by atoms with E-state index in [2.05, 4.69) is 41.8 Å². The molecule has 0 bridgehead atoms. The highest BCUT2D eigenvalue weighted by atomic mass is 79.9. The Morgan fingerprint density at radius 1 is 1.31 bits per heavy atom. The van der Waals surface area contributed by atoms with Gasteiger partial charge in [-0.2, -0.15) is 0 Å². The summed E-state index contributed by atoms with van der Waals surface area (Å²) in [7, 11) is 1.75. The molecule has 0 aliphatic rings. The van der Waals surface area contributed by atoms with E-state index in [1.165, 1.54) is 23.9 Å². The number of rotatable bonds is 5. The van der Waals surface area contributed by atoms with Gasteiger partial charge in [-0.05, 0) is 71.1 Å². The number of hydrogen-bond acceptors (Lipinski definition) is 5. The predicted octanol–water partition coefficient (Wildman–Crippen LogP) is 4.23. The van der Waals surface area contributed by atoms with Gasteiger partial charge in [0, 0.05) is 33.0 Å². The van der Waals surface area contributed by atoms with E-state index in [-0.39, 0.29) is 18.1 Å². The van der Waals surface area contributed by atoms with Gasteiger partial charge in [-0.15, -0.1) is 5.10 Å². The van der Waals surface area contributed by atoms with Gasteiger partial charge in [-0.1, -0.05) is 15.9 Å². The van der Waals surface area contributed by atoms with Crippen molar-refractivity contribution in [3.05, 3.63) is 57.9 Å². The summed E-state index contributed by atoms with van der Waals surface area (Å²) in [5.41, 5.74) is 3.06. The first-order valence-corrected chi connectivity index (χ1v) is 10.3. The molecule has 7 nitrogen and oxygen atoms in total. The highest BCUT2D eigenvalue weighted by Gasteiger charge is 2.16. The van der Waals surface area contributed by atoms with E-state index in [1.807, 2.05) is 25.1 Å². The average Bonchev–Trinajstić information content (AvgIpc) is 3.20. The summed E-state index contributed by atoms with van der Waals surface area (Å²) in [6, 6.07) is 10.1. The Bertz CT molecular complexity index is 1220. The van der Waals surface area contributed by atoms with Crippen molar-refractivity contribution in [3.63, 3.8) is 0 Å². The Morgan fingerprint density at radius 2 is 2.14 bits per heavy atom. The smallest absolute Gasteiger partial charge is 0.228 e. The normalized spacial score (nSPS) is 11.2. The number of carbonyl (C=O) groups is 1. The van der Waals surface area contributed by atoms with Crippen LogP contribution in [0.1, 0.15) is 11.3 Å². The molecule has 0 unspecified atom stereocenters. The van der Waals surface area contributed by atoms with Gasteiger partial charge >= 0.3 is 0 Å². The van der Waals surface area contributed by atoms with Crippen molar-refractivity contribution < 1.29 is 9.18 Å². The molecule has 2 N–H and O–H groups in total. The molecule has 2 heterocycles. The highest BCUT2D eigenvalue weighted by molar-refractivity contribution is 9.10. The van der Waals surface area contributed by atoms with Gasteiger partial charge in [-0.25, -0.2) is 9.07 Å². The van der Waals surface area contributed by atoms with E-state index in [4.69, 9.17) is 0 Å². The third-order valence-electron chi connectivity index (χ3n) is 4.42. The van der Waals surface area contributed by atoms with Gasteiger partial charge < -0.3 is 10.3 Å². The van der Waals surface area contributed by atoms with E-state index in [9.17, 15) is 9.18 Å². The molecule has 2 aromatic heterocycles. The Kier molecular flexibility index (Phi) is 5.37. The van der Waals surface area contributed by atoms with E-state index in [0.717, 1.165) is 26.1 Å². The zero-order valence-electron chi connectivity index (χ0n) is 15.5. The second-order valence-corrected chi connectivity index (χ2v) is 8.40. The van der Waals surface area contributed by atoms with Crippen LogP contribution in [0, 0.1) is 12.7 Å². The number of tetrazole rings is 1. The quantitative estimate of drug-likeness (QED) is 0.451. The van der Waals surface area contributed by atoms with Crippen molar-refractivity contribution in [2.45, 2.75) is 23.4 Å². The fourth-order valence-corrected chi connectivity index (χ4v) is 4.19. The molecular weight excluding hydrogens is 459 g/mol. The molecule has 0 saturated heterocycles. The SMILES string of the molecule is Cc1[nH]c2ccc(F)cc2c1CC(=O)Nc1cc(Br)ccc1Sc1nnnn1C. The zero-order valence-corrected chi connectivity index (χ0v) is 17.9. The van der Waals surface area contributed by atoms with Crippen molar-refractivity contribution in [1.29, 1.82) is 0 Å². The van der Waals surface area contributed by atoms with Crippen LogP contribution in [0.15, 0.2) is 50.9 Å². The number of halogens is 2. The van der Waals surface area contributed by atoms with Gasteiger partial charge in [0.2, 0.25) is 11.1 Å². The fraction of sp³-hybridized carbons (Fsp3) is 0.158. The summed E-state index contributed by atoms with van der Waals surface area (Å²) >= 11 is 4.79. The number of H-pyrrole nitrogens is 1. The molecule has 0 radical (unpaired) electrons. The minimum absolute atomic E-state index is 0.122. The van der Waals surface area contributed by atoms with Crippen LogP contribution in [0.4, 0.5) is 10.1 Å². The van der Waals surface area contributed by atoms with Gasteiger partial charge in [-0.3, -0.25) is 4.79 Å². The number of benzene rings is 2. The van der Waals surface area contributed by atoms with Gasteiger partial charge in [0.25, 0.3) is 0 Å². The van der Waals surface area contributed by atoms with E-state index in [0.29, 0.717) is 16.2 Å². The Balaban J connectivity index is 1.59. The molecule has 0 aliphatic carbocycles. The third kappa shape index (κ3) is 4.18. The number of carbonyl (C=O) groups excluding carboxylic acids is 1. The molecule has 10 heteroatoms. The van der Waals surface area contributed by atoms with E-state index in [1.54, 1.807) is 17.8 Å². The molecule has 4 rings (SSSR count). The summed E-state index contributed by atoms with van der Waals surface area (Å²) < 4.78 is 16.1. The Morgan fingerprint density at radius 3 is 2.90 bits per heavy atom. The first-order valence-electron chi connectivity index (χ1n) is 8.67. The molecule has 0 saturated carbocycles. The summed E-state index contributed by atoms with van der Waals surface area (Å²) in [4.78, 5) is 16.8. The van der Waals surface area contributed by atoms with Crippen LogP contribution < -0.4 is 5.32 Å². The Hall–Kier alpha value is -2.72. The van der Waals surface area contributed by atoms with Gasteiger partial charge in [0.05, 0.1) is 12.1 Å². The van der Waals surface area contributed by atoms with E-state index < -0.39 is 0 Å². The van der Waals surface area contributed by atoms with Crippen LogP contribution in [0.25, 0.3) is 10.9 Å². The lowest BCUT2D eigenvalue weighted by molar-refractivity contribution is -0.115. The number of nitrogens with zero attached hydrogens (tertiary/aromatic N) is 4. The second kappa shape index (κ2) is 7.96. The number of nitrogens with one attached hydrogen (secondary N) is 2. The predicted molar refractivity (Wildman–Crippen MR) is 112 cm³/mol. The van der Waals surface area contributed by atoms with Crippen molar-refractivity contribution in [3.8, 4) is 0 Å². The summed E-state index contributed by atoms with van der Waals surface area (Å²) in [5.74, 6) is -0.532. The summed E-state index contributed by atoms with van der Waals surface area (Å²) in [6.07, 6.45) is 0.122. The first-order chi connectivity index (χ1) is 13.9. The number of anilines is 1. The Labute approximate surface area is 178 Å². The van der Waals surface area contributed by atoms with Crippen molar-refractivity contribution in [2.75, 3.05) is 5.32 Å². The topological polar surface area (TPSA) is 88.5 Å². The maximum Gasteiger partial charge on any atom is 0.228 e. The molecular formula is C19H16BrFN6OS. The number of aromatic nitrogens is 5. The molecule has 0 spiro atoms. The van der Waals surface area contributed by atoms with Crippen LogP contribution in [0.2, 0.25) is 0 Å². The number of aromatic amines is 1. The number of fused-ring (bicyclic) bond motifs is 1. The molecule has 0 fully saturated rings. The lowest BCUT2D eigenvalue weighted by Crippen LogP contribution is -2.15. The highest BCUT2D eigenvalue weighted by Crippen LogP contribution is 2.34. The van der Waals surface area contributed by atoms with Crippen LogP contribution in [0.3, 0.4) is 0 Å². The molecule has 2 aromatic carbocycles. The van der Waals surface area contributed by atoms with E-state index >= 15 is 0 Å². The average molecular weight is 475 g/mol. The number of hydrogen-bond donors (Lipinski definition) is 2. The molecule has 148 valence electrons. The van der Waals surface area contributed by atoms with Crippen molar-refractivity contribution in [2.24, 2.45) is 7.05 Å². The summed E-state index contributed by atoms with van der Waals surface area (Å²) in [6.45, 7) is 1.88. The molecule has 4 aromatic rings. The lowest BCUT2D eigenvalue weighted by atomic mass is 10.1. The van der Waals surface area contributed by atoms with Crippen LogP contribution in [-0.2, 0) is 18.3 Å². The van der Waals surface area contributed by atoms with Crippen molar-refractivity contribution in [1.82, 2.24) is 25.2 Å². The summed E-state index contributed by atoms with van der Waals surface area (Å²) in [5, 5.41) is 15.7. The monoisotopic (exact) mass is 474 g/mol. The fourth-order valence-electron chi connectivity index (χ4n) is 3.03. The van der Waals surface area contributed by atoms with Gasteiger partial charge in [0.1, 0.15) is 5.82 Å². The largest absolute Gasteiger partial charge is 0.358 e. The molecule has 29 heavy (non-hydrogen) atoms. The third-order valence-corrected chi connectivity index (χ3v) is 6.01. The van der Waals surface area contributed by atoms with Crippen LogP contribution in [0.5, 0.6) is 0 Å². The lowest BCUT2D eigenvalue weighted by Gasteiger charge is -2.11. The first kappa shape index (κ1) is 19.6. The molecule has 0 atom stereocenters. The maximum absolute atomic E-state index is 13.7. The van der Waals surface area contributed by atoms with Crippen LogP contribution in [-0.4, -0.2) is 31.1 Å². The minimum Gasteiger partial charge on any atom is -0.358 e. The van der Waals surface area contributed by atoms with Crippen molar-refractivity contribution >= 4 is 50.2 Å². The number of amides is 1. The zero-order chi connectivity index (χ0) is 20.5. The number of aryl methyl sites for hydroxylation is 2. The second-order valence-electron chi connectivity index (χ2n) is 6.47. The standard InChI is InChI=1S/C19H16BrFN6OS/c1-10-13(14-8-12(21)4-5-15(14)22-10)9-18(28)23-16-7-11(20)3-6-17(16)29-19-24-25-26-27(19)2/h3-8,22H,9H2,1-2H3,(H,23,28). The molecule has 1 amide bonds. The maximum atomic E-state index is 13.7. The van der Waals surface area contributed by atoms with Crippen LogP contribution >= 0.6 is 27.7 Å². The minimum atomic E-state index is -0.332. The van der Waals surface area contributed by atoms with Gasteiger partial charge in [0.15, 0.2) is 0 Å².